The van der Waals surface area contributed by atoms with Crippen molar-refractivity contribution in [3.05, 3.63) is 65.1 Å². The Labute approximate surface area is 134 Å². The second-order valence-electron chi connectivity index (χ2n) is 5.48. The van der Waals surface area contributed by atoms with E-state index in [1.54, 1.807) is 43.4 Å². The molecule has 120 valence electrons. The molecule has 1 aromatic carbocycles. The molecule has 0 atom stereocenters. The van der Waals surface area contributed by atoms with Crippen LogP contribution in [0.3, 0.4) is 0 Å². The van der Waals surface area contributed by atoms with Crippen LogP contribution >= 0.6 is 0 Å². The summed E-state index contributed by atoms with van der Waals surface area (Å²) in [6.07, 6.45) is 9.49. The average molecular weight is 319 g/mol. The van der Waals surface area contributed by atoms with Crippen LogP contribution in [0.4, 0.5) is 5.69 Å². The maximum atomic E-state index is 12.3. The standard InChI is InChI=1S/C18H25NO2S/c1-5-7-8-9-18(6-2)22(20,21)19-17-12-10-16(11-13-17)14-15(3)4/h5-13,15,19H,14H2,1-4H3/b7-5-,9-8-,18-6+. The molecule has 0 aliphatic carbocycles. The van der Waals surface area contributed by atoms with Gasteiger partial charge in [-0.25, -0.2) is 8.42 Å². The molecule has 0 aliphatic heterocycles. The van der Waals surface area contributed by atoms with Gasteiger partial charge in [0, 0.05) is 5.69 Å². The molecule has 0 saturated heterocycles. The van der Waals surface area contributed by atoms with E-state index >= 15 is 0 Å². The van der Waals surface area contributed by atoms with Gasteiger partial charge < -0.3 is 0 Å². The van der Waals surface area contributed by atoms with Gasteiger partial charge in [-0.3, -0.25) is 4.72 Å². The van der Waals surface area contributed by atoms with E-state index in [0.717, 1.165) is 6.42 Å². The zero-order valence-corrected chi connectivity index (χ0v) is 14.5. The highest BCUT2D eigenvalue weighted by atomic mass is 32.2. The molecule has 1 rings (SSSR count). The fourth-order valence-corrected chi connectivity index (χ4v) is 3.13. The van der Waals surface area contributed by atoms with Gasteiger partial charge in [-0.05, 0) is 50.0 Å². The Kier molecular flexibility index (Phi) is 7.12. The number of benzene rings is 1. The second-order valence-corrected chi connectivity index (χ2v) is 7.16. The van der Waals surface area contributed by atoms with Gasteiger partial charge in [0.05, 0.1) is 4.91 Å². The van der Waals surface area contributed by atoms with Crippen molar-refractivity contribution in [2.75, 3.05) is 4.72 Å². The van der Waals surface area contributed by atoms with Crippen LogP contribution in [0.1, 0.15) is 33.3 Å². The molecule has 1 aromatic rings. The van der Waals surface area contributed by atoms with E-state index < -0.39 is 10.0 Å². The molecule has 0 unspecified atom stereocenters. The Hall–Kier alpha value is -1.81. The maximum absolute atomic E-state index is 12.3. The normalized spacial score (nSPS) is 13.4. The van der Waals surface area contributed by atoms with E-state index in [9.17, 15) is 8.42 Å². The molecule has 0 bridgehead atoms. The van der Waals surface area contributed by atoms with Gasteiger partial charge >= 0.3 is 0 Å². The summed E-state index contributed by atoms with van der Waals surface area (Å²) in [6, 6.07) is 7.53. The van der Waals surface area contributed by atoms with Crippen LogP contribution in [0.5, 0.6) is 0 Å². The lowest BCUT2D eigenvalue weighted by molar-refractivity contribution is 0.607. The summed E-state index contributed by atoms with van der Waals surface area (Å²) >= 11 is 0. The third-order valence-electron chi connectivity index (χ3n) is 3.01. The minimum Gasteiger partial charge on any atom is -0.280 e. The summed E-state index contributed by atoms with van der Waals surface area (Å²) in [4.78, 5) is 0.247. The molecule has 0 saturated carbocycles. The predicted molar refractivity (Wildman–Crippen MR) is 95.2 cm³/mol. The van der Waals surface area contributed by atoms with E-state index in [4.69, 9.17) is 0 Å². The number of nitrogens with one attached hydrogen (secondary N) is 1. The third-order valence-corrected chi connectivity index (χ3v) is 4.51. The Bertz CT molecular complexity index is 651. The third kappa shape index (κ3) is 5.90. The molecule has 3 nitrogen and oxygen atoms in total. The summed E-state index contributed by atoms with van der Waals surface area (Å²) in [5, 5.41) is 0. The smallest absolute Gasteiger partial charge is 0.261 e. The molecule has 0 fully saturated rings. The largest absolute Gasteiger partial charge is 0.280 e. The maximum Gasteiger partial charge on any atom is 0.261 e. The Morgan fingerprint density at radius 2 is 1.77 bits per heavy atom. The summed E-state index contributed by atoms with van der Waals surface area (Å²) in [5.74, 6) is 0.578. The SMILES string of the molecule is C\C=C/C=C\C(=C/C)S(=O)(=O)Nc1ccc(CC(C)C)cc1. The van der Waals surface area contributed by atoms with Crippen molar-refractivity contribution in [3.8, 4) is 0 Å². The number of sulfonamides is 1. The molecule has 0 aromatic heterocycles. The van der Waals surface area contributed by atoms with Crippen molar-refractivity contribution in [1.82, 2.24) is 0 Å². The molecule has 0 amide bonds. The minimum atomic E-state index is -3.55. The Balaban J connectivity index is 2.87. The summed E-state index contributed by atoms with van der Waals surface area (Å²) in [5.41, 5.74) is 1.78. The molecule has 0 spiro atoms. The summed E-state index contributed by atoms with van der Waals surface area (Å²) in [7, 11) is -3.55. The van der Waals surface area contributed by atoms with Crippen molar-refractivity contribution < 1.29 is 8.42 Å². The van der Waals surface area contributed by atoms with Gasteiger partial charge in [0.15, 0.2) is 0 Å². The minimum absolute atomic E-state index is 0.247. The molecule has 1 N–H and O–H groups in total. The fourth-order valence-electron chi connectivity index (χ4n) is 2.00. The van der Waals surface area contributed by atoms with E-state index in [-0.39, 0.29) is 4.91 Å². The highest BCUT2D eigenvalue weighted by Crippen LogP contribution is 2.17. The first-order valence-corrected chi connectivity index (χ1v) is 8.94. The lowest BCUT2D eigenvalue weighted by Gasteiger charge is -2.10. The number of rotatable bonds is 7. The van der Waals surface area contributed by atoms with E-state index in [0.29, 0.717) is 11.6 Å². The van der Waals surface area contributed by atoms with Gasteiger partial charge in [-0.15, -0.1) is 0 Å². The van der Waals surface area contributed by atoms with Gasteiger partial charge in [0.25, 0.3) is 10.0 Å². The molecular formula is C18H25NO2S. The molecule has 0 heterocycles. The zero-order chi connectivity index (χ0) is 16.6. The topological polar surface area (TPSA) is 46.2 Å². The fraction of sp³-hybridized carbons (Fsp3) is 0.333. The van der Waals surface area contributed by atoms with Crippen LogP contribution in [-0.2, 0) is 16.4 Å². The monoisotopic (exact) mass is 319 g/mol. The van der Waals surface area contributed by atoms with Crippen LogP contribution in [0.2, 0.25) is 0 Å². The van der Waals surface area contributed by atoms with E-state index in [1.807, 2.05) is 25.1 Å². The van der Waals surface area contributed by atoms with E-state index in [1.165, 1.54) is 5.56 Å². The van der Waals surface area contributed by atoms with Gasteiger partial charge in [0.2, 0.25) is 0 Å². The highest BCUT2D eigenvalue weighted by Gasteiger charge is 2.14. The van der Waals surface area contributed by atoms with Crippen molar-refractivity contribution in [2.24, 2.45) is 5.92 Å². The first-order valence-electron chi connectivity index (χ1n) is 7.46. The molecule has 0 radical (unpaired) electrons. The number of anilines is 1. The van der Waals surface area contributed by atoms with Crippen LogP contribution in [0, 0.1) is 5.92 Å². The lowest BCUT2D eigenvalue weighted by atomic mass is 10.0. The average Bonchev–Trinajstić information content (AvgIpc) is 2.44. The van der Waals surface area contributed by atoms with Gasteiger partial charge in [-0.1, -0.05) is 50.3 Å². The van der Waals surface area contributed by atoms with Crippen LogP contribution in [0.15, 0.2) is 59.6 Å². The van der Waals surface area contributed by atoms with Crippen LogP contribution < -0.4 is 4.72 Å². The quantitative estimate of drug-likeness (QED) is 0.743. The highest BCUT2D eigenvalue weighted by molar-refractivity contribution is 7.96. The summed E-state index contributed by atoms with van der Waals surface area (Å²) < 4.78 is 27.3. The van der Waals surface area contributed by atoms with Crippen LogP contribution in [-0.4, -0.2) is 8.42 Å². The summed E-state index contributed by atoms with van der Waals surface area (Å²) in [6.45, 7) is 7.91. The van der Waals surface area contributed by atoms with Crippen molar-refractivity contribution in [2.45, 2.75) is 34.1 Å². The van der Waals surface area contributed by atoms with Gasteiger partial charge in [0.1, 0.15) is 0 Å². The molecular weight excluding hydrogens is 294 g/mol. The number of allylic oxidation sites excluding steroid dienone is 5. The van der Waals surface area contributed by atoms with Crippen molar-refractivity contribution in [3.63, 3.8) is 0 Å². The molecule has 0 aliphatic rings. The van der Waals surface area contributed by atoms with Crippen molar-refractivity contribution in [1.29, 1.82) is 0 Å². The lowest BCUT2D eigenvalue weighted by Crippen LogP contribution is -2.14. The van der Waals surface area contributed by atoms with Crippen molar-refractivity contribution >= 4 is 15.7 Å². The Morgan fingerprint density at radius 3 is 2.27 bits per heavy atom. The molecule has 4 heteroatoms. The van der Waals surface area contributed by atoms with Gasteiger partial charge in [-0.2, -0.15) is 0 Å². The Morgan fingerprint density at radius 1 is 1.14 bits per heavy atom. The first kappa shape index (κ1) is 18.2. The zero-order valence-electron chi connectivity index (χ0n) is 13.7. The number of hydrogen-bond acceptors (Lipinski definition) is 2. The second kappa shape index (κ2) is 8.59. The van der Waals surface area contributed by atoms with Crippen LogP contribution in [0.25, 0.3) is 0 Å². The first-order chi connectivity index (χ1) is 10.4. The number of hydrogen-bond donors (Lipinski definition) is 1. The predicted octanol–water partition coefficient (Wildman–Crippen LogP) is 4.66. The molecule has 22 heavy (non-hydrogen) atoms. The van der Waals surface area contributed by atoms with E-state index in [2.05, 4.69) is 18.6 Å².